The summed E-state index contributed by atoms with van der Waals surface area (Å²) in [5.74, 6) is -1.37. The number of hydrogen-bond donors (Lipinski definition) is 1. The summed E-state index contributed by atoms with van der Waals surface area (Å²) >= 11 is 6.17. The van der Waals surface area contributed by atoms with Crippen LogP contribution in [0.4, 0.5) is 4.39 Å². The van der Waals surface area contributed by atoms with Gasteiger partial charge < -0.3 is 9.47 Å². The molecule has 2 aromatic carbocycles. The lowest BCUT2D eigenvalue weighted by Gasteiger charge is -2.20. The topological polar surface area (TPSA) is 81.7 Å². The normalized spacial score (nSPS) is 12.4. The molecule has 0 aliphatic rings. The van der Waals surface area contributed by atoms with Crippen LogP contribution in [0.25, 0.3) is 0 Å². The van der Waals surface area contributed by atoms with Gasteiger partial charge in [-0.05, 0) is 36.8 Å². The van der Waals surface area contributed by atoms with E-state index in [4.69, 9.17) is 21.1 Å². The summed E-state index contributed by atoms with van der Waals surface area (Å²) in [6.45, 7) is 1.79. The molecule has 0 aliphatic heterocycles. The van der Waals surface area contributed by atoms with Gasteiger partial charge in [0.25, 0.3) is 0 Å². The van der Waals surface area contributed by atoms with E-state index in [2.05, 4.69) is 4.72 Å². The van der Waals surface area contributed by atoms with E-state index in [-0.39, 0.29) is 28.7 Å². The third kappa shape index (κ3) is 5.41. The molecule has 0 heterocycles. The van der Waals surface area contributed by atoms with Crippen molar-refractivity contribution in [3.63, 3.8) is 0 Å². The van der Waals surface area contributed by atoms with Crippen molar-refractivity contribution in [2.45, 2.75) is 24.3 Å². The maximum atomic E-state index is 13.6. The molecule has 0 amide bonds. The number of halogens is 2. The van der Waals surface area contributed by atoms with Crippen molar-refractivity contribution in [2.24, 2.45) is 0 Å². The molecule has 146 valence electrons. The van der Waals surface area contributed by atoms with Crippen molar-refractivity contribution in [3.8, 4) is 5.75 Å². The number of rotatable bonds is 8. The highest BCUT2D eigenvalue weighted by Crippen LogP contribution is 2.30. The van der Waals surface area contributed by atoms with Crippen LogP contribution in [-0.4, -0.2) is 28.1 Å². The van der Waals surface area contributed by atoms with E-state index in [1.54, 1.807) is 31.2 Å². The Bertz CT molecular complexity index is 920. The first kappa shape index (κ1) is 21.1. The average molecular weight is 416 g/mol. The second-order valence-corrected chi connectivity index (χ2v) is 7.59. The molecule has 0 saturated carbocycles. The molecule has 0 spiro atoms. The molecule has 0 fully saturated rings. The van der Waals surface area contributed by atoms with Crippen LogP contribution in [-0.2, 0) is 19.6 Å². The molecular formula is C18H19ClFNO5S. The fourth-order valence-electron chi connectivity index (χ4n) is 2.47. The average Bonchev–Trinajstić information content (AvgIpc) is 2.61. The van der Waals surface area contributed by atoms with E-state index in [9.17, 15) is 17.6 Å². The van der Waals surface area contributed by atoms with Gasteiger partial charge in [-0.1, -0.05) is 29.8 Å². The predicted molar refractivity (Wildman–Crippen MR) is 98.7 cm³/mol. The van der Waals surface area contributed by atoms with E-state index in [1.807, 2.05) is 0 Å². The second kappa shape index (κ2) is 9.16. The van der Waals surface area contributed by atoms with Gasteiger partial charge in [0.15, 0.2) is 0 Å². The Hall–Kier alpha value is -2.16. The molecule has 1 N–H and O–H groups in total. The first-order valence-corrected chi connectivity index (χ1v) is 9.90. The van der Waals surface area contributed by atoms with Crippen molar-refractivity contribution >= 4 is 27.6 Å². The number of carbonyl (C=O) groups excluding carboxylic acids is 1. The summed E-state index contributed by atoms with van der Waals surface area (Å²) in [5, 5.41) is 0.278. The van der Waals surface area contributed by atoms with E-state index in [1.165, 1.54) is 13.2 Å². The fraction of sp³-hybridized carbons (Fsp3) is 0.278. The van der Waals surface area contributed by atoms with E-state index >= 15 is 0 Å². The van der Waals surface area contributed by atoms with E-state index < -0.39 is 27.9 Å². The largest absolute Gasteiger partial charge is 0.495 e. The minimum absolute atomic E-state index is 0.0297. The van der Waals surface area contributed by atoms with Crippen LogP contribution in [0.15, 0.2) is 47.4 Å². The molecule has 2 aromatic rings. The minimum Gasteiger partial charge on any atom is -0.495 e. The van der Waals surface area contributed by atoms with E-state index in [0.29, 0.717) is 5.56 Å². The lowest BCUT2D eigenvalue weighted by Crippen LogP contribution is -2.31. The molecule has 2 rings (SSSR count). The number of hydrogen-bond acceptors (Lipinski definition) is 5. The Kier molecular flexibility index (Phi) is 7.18. The predicted octanol–water partition coefficient (Wildman–Crippen LogP) is 3.46. The van der Waals surface area contributed by atoms with Crippen molar-refractivity contribution in [1.29, 1.82) is 0 Å². The summed E-state index contributed by atoms with van der Waals surface area (Å²) in [7, 11) is -2.96. The SMILES string of the molecule is CCOC(=O)CC(NS(=O)(=O)c1cc(F)ccc1OC)c1ccccc1Cl. The zero-order valence-electron chi connectivity index (χ0n) is 14.7. The standard InChI is InChI=1S/C18H19ClFNO5S/c1-3-26-18(22)11-15(13-6-4-5-7-14(13)19)21-27(23,24)17-10-12(20)8-9-16(17)25-2/h4-10,15,21H,3,11H2,1-2H3. The van der Waals surface area contributed by atoms with Gasteiger partial charge in [-0.2, -0.15) is 0 Å². The van der Waals surface area contributed by atoms with Crippen molar-refractivity contribution < 1.29 is 27.1 Å². The highest BCUT2D eigenvalue weighted by atomic mass is 35.5. The number of ether oxygens (including phenoxy) is 2. The molecule has 0 radical (unpaired) electrons. The van der Waals surface area contributed by atoms with Gasteiger partial charge >= 0.3 is 5.97 Å². The van der Waals surface area contributed by atoms with Crippen LogP contribution in [0.2, 0.25) is 5.02 Å². The Morgan fingerprint density at radius 3 is 2.59 bits per heavy atom. The number of carbonyl (C=O) groups is 1. The third-order valence-electron chi connectivity index (χ3n) is 3.67. The van der Waals surface area contributed by atoms with E-state index in [0.717, 1.165) is 12.1 Å². The van der Waals surface area contributed by atoms with Crippen LogP contribution in [0, 0.1) is 5.82 Å². The zero-order valence-corrected chi connectivity index (χ0v) is 16.3. The smallest absolute Gasteiger partial charge is 0.307 e. The molecule has 1 unspecified atom stereocenters. The summed E-state index contributed by atoms with van der Waals surface area (Å²) in [4.78, 5) is 11.6. The van der Waals surface area contributed by atoms with Crippen molar-refractivity contribution in [3.05, 3.63) is 58.9 Å². The van der Waals surface area contributed by atoms with Crippen molar-refractivity contribution in [1.82, 2.24) is 4.72 Å². The highest BCUT2D eigenvalue weighted by Gasteiger charge is 2.28. The lowest BCUT2D eigenvalue weighted by atomic mass is 10.1. The van der Waals surface area contributed by atoms with Crippen LogP contribution in [0.5, 0.6) is 5.75 Å². The van der Waals surface area contributed by atoms with Crippen LogP contribution in [0.1, 0.15) is 24.9 Å². The first-order valence-electron chi connectivity index (χ1n) is 8.04. The molecule has 0 aliphatic carbocycles. The summed E-state index contributed by atoms with van der Waals surface area (Å²) in [6.07, 6.45) is -0.283. The maximum Gasteiger partial charge on any atom is 0.307 e. The monoisotopic (exact) mass is 415 g/mol. The van der Waals surface area contributed by atoms with Gasteiger partial charge in [0, 0.05) is 5.02 Å². The number of benzene rings is 2. The Morgan fingerprint density at radius 1 is 1.26 bits per heavy atom. The maximum absolute atomic E-state index is 13.6. The van der Waals surface area contributed by atoms with Gasteiger partial charge in [0.1, 0.15) is 16.5 Å². The Labute approximate surface area is 162 Å². The third-order valence-corrected chi connectivity index (χ3v) is 5.51. The summed E-state index contributed by atoms with van der Waals surface area (Å²) < 4.78 is 51.6. The number of methoxy groups -OCH3 is 1. The molecule has 27 heavy (non-hydrogen) atoms. The van der Waals surface area contributed by atoms with Gasteiger partial charge in [-0.3, -0.25) is 4.79 Å². The van der Waals surface area contributed by atoms with Crippen LogP contribution < -0.4 is 9.46 Å². The van der Waals surface area contributed by atoms with Crippen LogP contribution in [0.3, 0.4) is 0 Å². The molecule has 0 aromatic heterocycles. The number of esters is 1. The van der Waals surface area contributed by atoms with Gasteiger partial charge in [-0.15, -0.1) is 0 Å². The van der Waals surface area contributed by atoms with Crippen LogP contribution >= 0.6 is 11.6 Å². The quantitative estimate of drug-likeness (QED) is 0.668. The Morgan fingerprint density at radius 2 is 1.96 bits per heavy atom. The summed E-state index contributed by atoms with van der Waals surface area (Å²) in [6, 6.07) is 8.64. The lowest BCUT2D eigenvalue weighted by molar-refractivity contribution is -0.143. The molecule has 9 heteroatoms. The van der Waals surface area contributed by atoms with Gasteiger partial charge in [-0.25, -0.2) is 17.5 Å². The van der Waals surface area contributed by atoms with Gasteiger partial charge in [0.05, 0.1) is 26.2 Å². The molecule has 0 bridgehead atoms. The molecule has 6 nitrogen and oxygen atoms in total. The van der Waals surface area contributed by atoms with Gasteiger partial charge in [0.2, 0.25) is 10.0 Å². The number of nitrogens with one attached hydrogen (secondary N) is 1. The highest BCUT2D eigenvalue weighted by molar-refractivity contribution is 7.89. The first-order chi connectivity index (χ1) is 12.8. The number of sulfonamides is 1. The fourth-order valence-corrected chi connectivity index (χ4v) is 4.13. The molecule has 1 atom stereocenters. The zero-order chi connectivity index (χ0) is 20.0. The Balaban J connectivity index is 2.43. The summed E-state index contributed by atoms with van der Waals surface area (Å²) in [5.41, 5.74) is 0.395. The molecular weight excluding hydrogens is 397 g/mol. The molecule has 0 saturated heterocycles. The van der Waals surface area contributed by atoms with Crippen molar-refractivity contribution in [2.75, 3.05) is 13.7 Å². The second-order valence-electron chi connectivity index (χ2n) is 5.50. The minimum atomic E-state index is -4.23.